The van der Waals surface area contributed by atoms with E-state index in [0.29, 0.717) is 24.4 Å². The lowest BCUT2D eigenvalue weighted by Gasteiger charge is -2.34. The molecular weight excluding hydrogens is 292 g/mol. The highest BCUT2D eigenvalue weighted by atomic mass is 16.3. The van der Waals surface area contributed by atoms with Gasteiger partial charge in [-0.2, -0.15) is 0 Å². The van der Waals surface area contributed by atoms with E-state index in [1.807, 2.05) is 25.1 Å². The lowest BCUT2D eigenvalue weighted by atomic mass is 9.86. The molecule has 2 rings (SSSR count). The molecule has 1 aliphatic rings. The van der Waals surface area contributed by atoms with Gasteiger partial charge in [-0.05, 0) is 44.4 Å². The molecule has 1 aliphatic carbocycles. The molecule has 0 saturated heterocycles. The maximum Gasteiger partial charge on any atom is 0.317 e. The van der Waals surface area contributed by atoms with Gasteiger partial charge < -0.3 is 19.9 Å². The molecule has 23 heavy (non-hydrogen) atoms. The summed E-state index contributed by atoms with van der Waals surface area (Å²) in [6.45, 7) is 5.91. The van der Waals surface area contributed by atoms with E-state index in [1.54, 1.807) is 6.20 Å². The first-order valence-corrected chi connectivity index (χ1v) is 8.60. The summed E-state index contributed by atoms with van der Waals surface area (Å²) >= 11 is 0. The van der Waals surface area contributed by atoms with Gasteiger partial charge in [0.15, 0.2) is 0 Å². The van der Waals surface area contributed by atoms with E-state index < -0.39 is 0 Å². The van der Waals surface area contributed by atoms with Crippen molar-refractivity contribution in [2.24, 2.45) is 11.8 Å². The molecule has 0 spiro atoms. The summed E-state index contributed by atoms with van der Waals surface area (Å²) in [6.07, 6.45) is 7.76. The fourth-order valence-electron chi connectivity index (χ4n) is 3.26. The van der Waals surface area contributed by atoms with Crippen LogP contribution in [0, 0.1) is 18.8 Å². The average molecular weight is 322 g/mol. The Morgan fingerprint density at radius 2 is 2.17 bits per heavy atom. The van der Waals surface area contributed by atoms with E-state index in [9.17, 15) is 9.90 Å². The van der Waals surface area contributed by atoms with E-state index in [4.69, 9.17) is 0 Å². The van der Waals surface area contributed by atoms with E-state index in [0.717, 1.165) is 38.1 Å². The number of hydrogen-bond donors (Lipinski definition) is 2. The molecule has 0 bridgehead atoms. The molecule has 0 aliphatic heterocycles. The number of hydrogen-bond acceptors (Lipinski definition) is 3. The van der Waals surface area contributed by atoms with Gasteiger partial charge in [-0.15, -0.1) is 0 Å². The number of aliphatic hydroxyl groups is 1. The van der Waals surface area contributed by atoms with Crippen molar-refractivity contribution in [3.63, 3.8) is 0 Å². The zero-order valence-corrected chi connectivity index (χ0v) is 14.5. The minimum atomic E-state index is 0.00616. The Kier molecular flexibility index (Phi) is 6.45. The van der Waals surface area contributed by atoms with E-state index in [-0.39, 0.29) is 12.6 Å². The third kappa shape index (κ3) is 4.96. The van der Waals surface area contributed by atoms with Crippen LogP contribution < -0.4 is 5.32 Å². The lowest BCUT2D eigenvalue weighted by Crippen LogP contribution is -2.46. The van der Waals surface area contributed by atoms with Crippen molar-refractivity contribution in [1.82, 2.24) is 19.8 Å². The van der Waals surface area contributed by atoms with Crippen LogP contribution >= 0.6 is 0 Å². The molecule has 1 saturated carbocycles. The van der Waals surface area contributed by atoms with Crippen LogP contribution in [0.1, 0.15) is 38.4 Å². The monoisotopic (exact) mass is 322 g/mol. The second-order valence-corrected chi connectivity index (χ2v) is 6.89. The normalized spacial score (nSPS) is 22.6. The zero-order chi connectivity index (χ0) is 16.8. The molecule has 1 heterocycles. The quantitative estimate of drug-likeness (QED) is 0.842. The largest absolute Gasteiger partial charge is 0.396 e. The first-order valence-electron chi connectivity index (χ1n) is 8.60. The number of aryl methyl sites for hydroxylation is 1. The zero-order valence-electron chi connectivity index (χ0n) is 14.5. The first kappa shape index (κ1) is 17.8. The van der Waals surface area contributed by atoms with Crippen molar-refractivity contribution in [2.45, 2.75) is 52.1 Å². The molecule has 1 atom stereocenters. The van der Waals surface area contributed by atoms with Gasteiger partial charge in [0, 0.05) is 45.2 Å². The Morgan fingerprint density at radius 1 is 1.48 bits per heavy atom. The van der Waals surface area contributed by atoms with Gasteiger partial charge >= 0.3 is 6.03 Å². The van der Waals surface area contributed by atoms with Crippen LogP contribution in [0.5, 0.6) is 0 Å². The fraction of sp³-hybridized carbons (Fsp3) is 0.765. The number of imidazole rings is 1. The van der Waals surface area contributed by atoms with Gasteiger partial charge in [-0.3, -0.25) is 0 Å². The Balaban J connectivity index is 1.72. The second-order valence-electron chi connectivity index (χ2n) is 6.89. The predicted octanol–water partition coefficient (Wildman–Crippen LogP) is 2.02. The molecule has 130 valence electrons. The molecule has 1 unspecified atom stereocenters. The van der Waals surface area contributed by atoms with Crippen LogP contribution in [0.3, 0.4) is 0 Å². The maximum absolute atomic E-state index is 12.3. The molecule has 0 radical (unpaired) electrons. The number of aliphatic hydroxyl groups excluding tert-OH is 1. The summed E-state index contributed by atoms with van der Waals surface area (Å²) in [4.78, 5) is 18.4. The van der Waals surface area contributed by atoms with Crippen molar-refractivity contribution in [2.75, 3.05) is 20.2 Å². The molecule has 6 nitrogen and oxygen atoms in total. The minimum Gasteiger partial charge on any atom is -0.396 e. The first-order chi connectivity index (χ1) is 11.0. The Bertz CT molecular complexity index is 495. The van der Waals surface area contributed by atoms with Gasteiger partial charge in [0.25, 0.3) is 0 Å². The highest BCUT2D eigenvalue weighted by molar-refractivity contribution is 5.74. The van der Waals surface area contributed by atoms with Crippen molar-refractivity contribution < 1.29 is 9.90 Å². The predicted molar refractivity (Wildman–Crippen MR) is 90.1 cm³/mol. The Labute approximate surface area is 138 Å². The third-order valence-corrected chi connectivity index (χ3v) is 4.98. The van der Waals surface area contributed by atoms with E-state index in [1.165, 1.54) is 0 Å². The number of nitrogens with zero attached hydrogens (tertiary/aromatic N) is 3. The van der Waals surface area contributed by atoms with Gasteiger partial charge in [-0.25, -0.2) is 9.78 Å². The number of aromatic nitrogens is 2. The van der Waals surface area contributed by atoms with Crippen molar-refractivity contribution in [1.29, 1.82) is 0 Å². The molecule has 2 amide bonds. The van der Waals surface area contributed by atoms with Crippen LogP contribution in [0.2, 0.25) is 0 Å². The molecule has 1 aromatic rings. The van der Waals surface area contributed by atoms with Gasteiger partial charge in [0.05, 0.1) is 0 Å². The topological polar surface area (TPSA) is 70.4 Å². The highest BCUT2D eigenvalue weighted by Gasteiger charge is 2.26. The van der Waals surface area contributed by atoms with Gasteiger partial charge in [-0.1, -0.05) is 6.92 Å². The summed E-state index contributed by atoms with van der Waals surface area (Å²) < 4.78 is 2.11. The summed E-state index contributed by atoms with van der Waals surface area (Å²) in [5, 5.41) is 12.2. The smallest absolute Gasteiger partial charge is 0.317 e. The highest BCUT2D eigenvalue weighted by Crippen LogP contribution is 2.26. The molecule has 1 aromatic heterocycles. The van der Waals surface area contributed by atoms with E-state index >= 15 is 0 Å². The number of rotatable bonds is 6. The lowest BCUT2D eigenvalue weighted by molar-refractivity contribution is 0.133. The Morgan fingerprint density at radius 3 is 2.74 bits per heavy atom. The summed E-state index contributed by atoms with van der Waals surface area (Å²) in [5.41, 5.74) is 0. The standard InChI is InChI=1S/C17H30N4O2/c1-13(11-21-9-8-18-14(21)2)10-19-17(23)20(3)16-6-4-15(12-22)5-7-16/h8-9,13,15-16,22H,4-7,10-12H2,1-3H3,(H,19,23). The summed E-state index contributed by atoms with van der Waals surface area (Å²) in [6, 6.07) is 0.302. The second kappa shape index (κ2) is 8.34. The summed E-state index contributed by atoms with van der Waals surface area (Å²) in [7, 11) is 1.88. The third-order valence-electron chi connectivity index (χ3n) is 4.98. The number of urea groups is 1. The van der Waals surface area contributed by atoms with Crippen LogP contribution in [-0.2, 0) is 6.54 Å². The van der Waals surface area contributed by atoms with Crippen molar-refractivity contribution in [3.05, 3.63) is 18.2 Å². The molecule has 6 heteroatoms. The molecule has 0 aromatic carbocycles. The van der Waals surface area contributed by atoms with Gasteiger partial charge in [0.2, 0.25) is 0 Å². The summed E-state index contributed by atoms with van der Waals surface area (Å²) in [5.74, 6) is 1.77. The molecular formula is C17H30N4O2. The van der Waals surface area contributed by atoms with E-state index in [2.05, 4.69) is 21.8 Å². The SMILES string of the molecule is Cc1nccn1CC(C)CNC(=O)N(C)C1CCC(CO)CC1. The van der Waals surface area contributed by atoms with Crippen LogP contribution in [0.25, 0.3) is 0 Å². The van der Waals surface area contributed by atoms with Crippen molar-refractivity contribution >= 4 is 6.03 Å². The number of carbonyl (C=O) groups is 1. The number of nitrogens with one attached hydrogen (secondary N) is 1. The van der Waals surface area contributed by atoms with Crippen LogP contribution in [0.15, 0.2) is 12.4 Å². The Hall–Kier alpha value is -1.56. The van der Waals surface area contributed by atoms with Crippen molar-refractivity contribution in [3.8, 4) is 0 Å². The van der Waals surface area contributed by atoms with Gasteiger partial charge in [0.1, 0.15) is 5.82 Å². The number of carbonyl (C=O) groups excluding carboxylic acids is 1. The molecule has 2 N–H and O–H groups in total. The number of amides is 2. The molecule has 1 fully saturated rings. The minimum absolute atomic E-state index is 0.00616. The average Bonchev–Trinajstić information content (AvgIpc) is 2.97. The van der Waals surface area contributed by atoms with Crippen LogP contribution in [-0.4, -0.2) is 51.8 Å². The van der Waals surface area contributed by atoms with Crippen LogP contribution in [0.4, 0.5) is 4.79 Å². The fourth-order valence-corrected chi connectivity index (χ4v) is 3.26. The maximum atomic E-state index is 12.3.